The third-order valence-electron chi connectivity index (χ3n) is 4.74. The fraction of sp³-hybridized carbons (Fsp3) is 0.933. The van der Waals surface area contributed by atoms with Gasteiger partial charge in [0.1, 0.15) is 0 Å². The number of β-amino-alcohol motifs (C(OH)–C–C–N with tert-alkyl or cyclic N) is 1. The maximum Gasteiger partial charge on any atom is 0.236 e. The number of piperidine rings is 1. The molecule has 0 aromatic carbocycles. The molecule has 2 fully saturated rings. The molecule has 0 bridgehead atoms. The van der Waals surface area contributed by atoms with Crippen LogP contribution in [0, 0.1) is 0 Å². The Bertz CT molecular complexity index is 337. The monoisotopic (exact) mass is 283 g/mol. The van der Waals surface area contributed by atoms with Gasteiger partial charge in [0.15, 0.2) is 0 Å². The molecule has 1 N–H and O–H groups in total. The highest BCUT2D eigenvalue weighted by atomic mass is 16.3. The second-order valence-electron chi connectivity index (χ2n) is 6.43. The van der Waals surface area contributed by atoms with Crippen LogP contribution in [0.4, 0.5) is 0 Å². The number of hydrogen-bond donors (Lipinski definition) is 1. The van der Waals surface area contributed by atoms with E-state index in [1.54, 1.807) is 0 Å². The average Bonchev–Trinajstić information content (AvgIpc) is 2.64. The summed E-state index contributed by atoms with van der Waals surface area (Å²) in [6.45, 7) is 7.93. The highest BCUT2D eigenvalue weighted by molar-refractivity contribution is 5.78. The van der Waals surface area contributed by atoms with E-state index in [4.69, 9.17) is 0 Å². The molecule has 2 rings (SSSR count). The molecule has 1 amide bonds. The zero-order chi connectivity index (χ0) is 14.6. The Balaban J connectivity index is 1.84. The van der Waals surface area contributed by atoms with E-state index in [-0.39, 0.29) is 5.91 Å². The lowest BCUT2D eigenvalue weighted by Crippen LogP contribution is -2.52. The molecule has 116 valence electrons. The summed E-state index contributed by atoms with van der Waals surface area (Å²) in [6.07, 6.45) is 3.59. The van der Waals surface area contributed by atoms with Gasteiger partial charge >= 0.3 is 0 Å². The van der Waals surface area contributed by atoms with Crippen molar-refractivity contribution >= 4 is 5.91 Å². The Labute approximate surface area is 122 Å². The van der Waals surface area contributed by atoms with Crippen LogP contribution in [0.5, 0.6) is 0 Å². The summed E-state index contributed by atoms with van der Waals surface area (Å²) in [5.41, 5.74) is -0.660. The lowest BCUT2D eigenvalue weighted by molar-refractivity contribution is -0.139. The Hall–Kier alpha value is -0.650. The highest BCUT2D eigenvalue weighted by Gasteiger charge is 2.33. The summed E-state index contributed by atoms with van der Waals surface area (Å²) in [7, 11) is 2.14. The van der Waals surface area contributed by atoms with Gasteiger partial charge in [0.2, 0.25) is 5.91 Å². The molecular weight excluding hydrogens is 254 g/mol. The molecule has 0 aliphatic carbocycles. The second kappa shape index (κ2) is 6.87. The molecule has 2 heterocycles. The number of carbonyl (C=O) groups excluding carboxylic acids is 1. The molecule has 5 heteroatoms. The number of hydrogen-bond acceptors (Lipinski definition) is 4. The van der Waals surface area contributed by atoms with E-state index in [0.717, 1.165) is 58.4 Å². The standard InChI is InChI=1S/C15H29N3O2/c1-3-15(20)6-4-9-18(13-15)14(19)12-17-8-5-7-16(2)10-11-17/h20H,3-13H2,1-2H3. The number of aliphatic hydroxyl groups is 1. The molecule has 2 aliphatic rings. The highest BCUT2D eigenvalue weighted by Crippen LogP contribution is 2.24. The molecule has 0 aromatic rings. The molecule has 1 unspecified atom stereocenters. The van der Waals surface area contributed by atoms with Crippen molar-refractivity contribution in [3.63, 3.8) is 0 Å². The van der Waals surface area contributed by atoms with Gasteiger partial charge in [-0.2, -0.15) is 0 Å². The number of likely N-dealkylation sites (tertiary alicyclic amines) is 1. The van der Waals surface area contributed by atoms with E-state index in [1.807, 2.05) is 11.8 Å². The summed E-state index contributed by atoms with van der Waals surface area (Å²) in [5, 5.41) is 10.4. The lowest BCUT2D eigenvalue weighted by atomic mass is 9.90. The van der Waals surface area contributed by atoms with E-state index in [2.05, 4.69) is 16.8 Å². The van der Waals surface area contributed by atoms with E-state index in [1.165, 1.54) is 0 Å². The molecular formula is C15H29N3O2. The van der Waals surface area contributed by atoms with Gasteiger partial charge in [-0.05, 0) is 45.8 Å². The maximum absolute atomic E-state index is 12.4. The van der Waals surface area contributed by atoms with E-state index >= 15 is 0 Å². The smallest absolute Gasteiger partial charge is 0.236 e. The van der Waals surface area contributed by atoms with Crippen LogP contribution in [0.25, 0.3) is 0 Å². The van der Waals surface area contributed by atoms with Crippen molar-refractivity contribution in [2.75, 3.05) is 52.9 Å². The van der Waals surface area contributed by atoms with Crippen LogP contribution in [-0.4, -0.2) is 84.2 Å². The first-order chi connectivity index (χ1) is 9.52. The fourth-order valence-corrected chi connectivity index (χ4v) is 3.16. The topological polar surface area (TPSA) is 47.0 Å². The predicted molar refractivity (Wildman–Crippen MR) is 79.6 cm³/mol. The predicted octanol–water partition coefficient (Wildman–Crippen LogP) is 0.387. The SMILES string of the molecule is CCC1(O)CCCN(C(=O)CN2CCCN(C)CC2)C1. The second-order valence-corrected chi connectivity index (χ2v) is 6.43. The molecule has 5 nitrogen and oxygen atoms in total. The van der Waals surface area contributed by atoms with Crippen LogP contribution in [0.15, 0.2) is 0 Å². The van der Waals surface area contributed by atoms with Crippen LogP contribution in [-0.2, 0) is 4.79 Å². The van der Waals surface area contributed by atoms with E-state index < -0.39 is 5.60 Å². The first-order valence-corrected chi connectivity index (χ1v) is 7.93. The van der Waals surface area contributed by atoms with Crippen molar-refractivity contribution in [2.24, 2.45) is 0 Å². The molecule has 2 aliphatic heterocycles. The summed E-state index contributed by atoms with van der Waals surface area (Å²) >= 11 is 0. The van der Waals surface area contributed by atoms with Crippen molar-refractivity contribution < 1.29 is 9.90 Å². The van der Waals surface area contributed by atoms with Gasteiger partial charge in [-0.25, -0.2) is 0 Å². The Morgan fingerprint density at radius 3 is 2.70 bits per heavy atom. The molecule has 2 saturated heterocycles. The average molecular weight is 283 g/mol. The first kappa shape index (κ1) is 15.7. The third kappa shape index (κ3) is 4.17. The maximum atomic E-state index is 12.4. The minimum Gasteiger partial charge on any atom is -0.388 e. The first-order valence-electron chi connectivity index (χ1n) is 7.93. The Kier molecular flexibility index (Phi) is 5.41. The zero-order valence-electron chi connectivity index (χ0n) is 13.0. The summed E-state index contributed by atoms with van der Waals surface area (Å²) < 4.78 is 0. The normalized spacial score (nSPS) is 30.2. The zero-order valence-corrected chi connectivity index (χ0v) is 13.0. The largest absolute Gasteiger partial charge is 0.388 e. The van der Waals surface area contributed by atoms with Crippen molar-refractivity contribution in [2.45, 2.75) is 38.2 Å². The van der Waals surface area contributed by atoms with Gasteiger partial charge in [-0.1, -0.05) is 6.92 Å². The van der Waals surface area contributed by atoms with Gasteiger partial charge in [0.25, 0.3) is 0 Å². The molecule has 20 heavy (non-hydrogen) atoms. The van der Waals surface area contributed by atoms with Crippen LogP contribution in [0.1, 0.15) is 32.6 Å². The molecule has 0 radical (unpaired) electrons. The van der Waals surface area contributed by atoms with Crippen molar-refractivity contribution in [1.82, 2.24) is 14.7 Å². The van der Waals surface area contributed by atoms with Gasteiger partial charge in [-0.15, -0.1) is 0 Å². The fourth-order valence-electron chi connectivity index (χ4n) is 3.16. The van der Waals surface area contributed by atoms with Gasteiger partial charge < -0.3 is 14.9 Å². The minimum absolute atomic E-state index is 0.182. The Morgan fingerprint density at radius 1 is 1.15 bits per heavy atom. The van der Waals surface area contributed by atoms with Crippen molar-refractivity contribution in [1.29, 1.82) is 0 Å². The quantitative estimate of drug-likeness (QED) is 0.814. The van der Waals surface area contributed by atoms with E-state index in [9.17, 15) is 9.90 Å². The molecule has 0 saturated carbocycles. The molecule has 0 spiro atoms. The van der Waals surface area contributed by atoms with Gasteiger partial charge in [-0.3, -0.25) is 9.69 Å². The minimum atomic E-state index is -0.660. The van der Waals surface area contributed by atoms with Crippen LogP contribution >= 0.6 is 0 Å². The van der Waals surface area contributed by atoms with Crippen LogP contribution in [0.3, 0.4) is 0 Å². The summed E-state index contributed by atoms with van der Waals surface area (Å²) in [5.74, 6) is 0.182. The Morgan fingerprint density at radius 2 is 1.95 bits per heavy atom. The van der Waals surface area contributed by atoms with Gasteiger partial charge in [0.05, 0.1) is 12.1 Å². The number of likely N-dealkylation sites (N-methyl/N-ethyl adjacent to an activating group) is 1. The number of carbonyl (C=O) groups is 1. The van der Waals surface area contributed by atoms with Crippen LogP contribution in [0.2, 0.25) is 0 Å². The number of rotatable bonds is 3. The third-order valence-corrected chi connectivity index (χ3v) is 4.74. The number of nitrogens with zero attached hydrogens (tertiary/aromatic N) is 3. The molecule has 1 atom stereocenters. The van der Waals surface area contributed by atoms with Gasteiger partial charge in [0, 0.05) is 26.2 Å². The van der Waals surface area contributed by atoms with Crippen molar-refractivity contribution in [3.05, 3.63) is 0 Å². The lowest BCUT2D eigenvalue weighted by Gasteiger charge is -2.39. The summed E-state index contributed by atoms with van der Waals surface area (Å²) in [6, 6.07) is 0. The number of amides is 1. The van der Waals surface area contributed by atoms with Crippen molar-refractivity contribution in [3.8, 4) is 0 Å². The van der Waals surface area contributed by atoms with E-state index in [0.29, 0.717) is 13.1 Å². The summed E-state index contributed by atoms with van der Waals surface area (Å²) in [4.78, 5) is 18.9. The van der Waals surface area contributed by atoms with Crippen LogP contribution < -0.4 is 0 Å². The molecule has 0 aromatic heterocycles.